The molecule has 0 aliphatic rings. The highest BCUT2D eigenvalue weighted by Crippen LogP contribution is 2.14. The number of carbonyl (C=O) groups is 2. The lowest BCUT2D eigenvalue weighted by Gasteiger charge is -2.06. The molecule has 1 aromatic heterocycles. The number of halogens is 1. The van der Waals surface area contributed by atoms with Gasteiger partial charge in [-0.25, -0.2) is 5.43 Å². The van der Waals surface area contributed by atoms with Crippen molar-refractivity contribution in [2.75, 3.05) is 5.32 Å². The number of furan rings is 1. The average Bonchev–Trinajstić information content (AvgIpc) is 3.07. The van der Waals surface area contributed by atoms with E-state index in [1.165, 1.54) is 6.21 Å². The van der Waals surface area contributed by atoms with Crippen molar-refractivity contribution >= 4 is 35.3 Å². The minimum Gasteiger partial charge on any atom is -0.460 e. The highest BCUT2D eigenvalue weighted by atomic mass is 35.5. The monoisotopic (exact) mass is 381 g/mol. The molecule has 7 heteroatoms. The summed E-state index contributed by atoms with van der Waals surface area (Å²) < 4.78 is 5.32. The van der Waals surface area contributed by atoms with Crippen molar-refractivity contribution in [3.05, 3.63) is 88.3 Å². The summed E-state index contributed by atoms with van der Waals surface area (Å²) in [7, 11) is 0. The average molecular weight is 382 g/mol. The molecule has 0 aliphatic carbocycles. The predicted molar refractivity (Wildman–Crippen MR) is 104 cm³/mol. The first-order valence-corrected chi connectivity index (χ1v) is 8.46. The molecule has 136 valence electrons. The molecule has 27 heavy (non-hydrogen) atoms. The lowest BCUT2D eigenvalue weighted by Crippen LogP contribution is -2.17. The van der Waals surface area contributed by atoms with E-state index in [0.29, 0.717) is 27.6 Å². The van der Waals surface area contributed by atoms with Crippen molar-refractivity contribution in [2.24, 2.45) is 5.10 Å². The second-order valence-electron chi connectivity index (χ2n) is 5.69. The summed E-state index contributed by atoms with van der Waals surface area (Å²) in [5, 5.41) is 7.08. The Morgan fingerprint density at radius 2 is 1.78 bits per heavy atom. The first-order chi connectivity index (χ1) is 13.0. The Morgan fingerprint density at radius 1 is 1.00 bits per heavy atom. The largest absolute Gasteiger partial charge is 0.460 e. The fourth-order valence-electron chi connectivity index (χ4n) is 2.28. The number of amides is 2. The fraction of sp³-hybridized carbons (Fsp3) is 0.0500. The van der Waals surface area contributed by atoms with Gasteiger partial charge in [-0.3, -0.25) is 9.59 Å². The molecule has 0 spiro atoms. The van der Waals surface area contributed by atoms with E-state index in [-0.39, 0.29) is 11.8 Å². The molecular weight excluding hydrogens is 366 g/mol. The molecule has 0 saturated carbocycles. The van der Waals surface area contributed by atoms with E-state index in [1.54, 1.807) is 60.7 Å². The molecule has 1 heterocycles. The SMILES string of the molecule is Cc1ccc(/C=N/NC(=O)c2ccc(NC(=O)c3cccc(Cl)c3)cc2)o1. The number of hydrazone groups is 1. The Bertz CT molecular complexity index is 994. The van der Waals surface area contributed by atoms with Crippen molar-refractivity contribution in [3.8, 4) is 0 Å². The van der Waals surface area contributed by atoms with E-state index in [1.807, 2.05) is 6.92 Å². The van der Waals surface area contributed by atoms with Gasteiger partial charge in [-0.15, -0.1) is 0 Å². The number of rotatable bonds is 5. The van der Waals surface area contributed by atoms with Gasteiger partial charge in [0.25, 0.3) is 11.8 Å². The number of aryl methyl sites for hydroxylation is 1. The van der Waals surface area contributed by atoms with Crippen molar-refractivity contribution in [2.45, 2.75) is 6.92 Å². The second-order valence-corrected chi connectivity index (χ2v) is 6.13. The molecule has 0 atom stereocenters. The molecule has 2 aromatic carbocycles. The summed E-state index contributed by atoms with van der Waals surface area (Å²) in [6.07, 6.45) is 1.42. The Morgan fingerprint density at radius 3 is 2.44 bits per heavy atom. The molecule has 6 nitrogen and oxygen atoms in total. The maximum atomic E-state index is 12.2. The Labute approximate surface area is 160 Å². The number of anilines is 1. The summed E-state index contributed by atoms with van der Waals surface area (Å²) in [4.78, 5) is 24.3. The lowest BCUT2D eigenvalue weighted by molar-refractivity contribution is 0.0954. The maximum Gasteiger partial charge on any atom is 0.271 e. The van der Waals surface area contributed by atoms with Crippen LogP contribution in [0.5, 0.6) is 0 Å². The maximum absolute atomic E-state index is 12.2. The van der Waals surface area contributed by atoms with Crippen LogP contribution in [0.4, 0.5) is 5.69 Å². The first kappa shape index (κ1) is 18.4. The quantitative estimate of drug-likeness (QED) is 0.511. The van der Waals surface area contributed by atoms with Gasteiger partial charge >= 0.3 is 0 Å². The normalized spacial score (nSPS) is 10.7. The van der Waals surface area contributed by atoms with Gasteiger partial charge in [0.05, 0.1) is 6.21 Å². The molecule has 3 rings (SSSR count). The summed E-state index contributed by atoms with van der Waals surface area (Å²) in [5.74, 6) is 0.653. The van der Waals surface area contributed by atoms with Crippen LogP contribution in [0, 0.1) is 6.92 Å². The zero-order chi connectivity index (χ0) is 19.2. The van der Waals surface area contributed by atoms with Gasteiger partial charge < -0.3 is 9.73 Å². The van der Waals surface area contributed by atoms with Crippen LogP contribution in [-0.2, 0) is 0 Å². The van der Waals surface area contributed by atoms with Crippen LogP contribution in [0.2, 0.25) is 5.02 Å². The van der Waals surface area contributed by atoms with Crippen LogP contribution in [0.15, 0.2) is 70.2 Å². The molecule has 0 fully saturated rings. The number of benzene rings is 2. The molecule has 2 amide bonds. The van der Waals surface area contributed by atoms with Crippen LogP contribution in [-0.4, -0.2) is 18.0 Å². The molecule has 3 aromatic rings. The van der Waals surface area contributed by atoms with Gasteiger partial charge in [0.15, 0.2) is 0 Å². The van der Waals surface area contributed by atoms with Crippen LogP contribution < -0.4 is 10.7 Å². The predicted octanol–water partition coefficient (Wildman–Crippen LogP) is 4.26. The van der Waals surface area contributed by atoms with Gasteiger partial charge in [0.1, 0.15) is 11.5 Å². The Hall–Kier alpha value is -3.38. The van der Waals surface area contributed by atoms with Crippen LogP contribution >= 0.6 is 11.6 Å². The standard InChI is InChI=1S/C20H16ClN3O3/c1-13-5-10-18(27-13)12-22-24-20(26)14-6-8-17(9-7-14)23-19(25)15-3-2-4-16(21)11-15/h2-12H,1H3,(H,23,25)(H,24,26)/b22-12+. The van der Waals surface area contributed by atoms with Crippen molar-refractivity contribution in [3.63, 3.8) is 0 Å². The molecule has 0 unspecified atom stereocenters. The number of carbonyl (C=O) groups excluding carboxylic acids is 2. The minimum absolute atomic E-state index is 0.284. The van der Waals surface area contributed by atoms with E-state index >= 15 is 0 Å². The molecular formula is C20H16ClN3O3. The van der Waals surface area contributed by atoms with Crippen LogP contribution in [0.25, 0.3) is 0 Å². The molecule has 0 radical (unpaired) electrons. The second kappa shape index (κ2) is 8.33. The van der Waals surface area contributed by atoms with E-state index in [9.17, 15) is 9.59 Å². The van der Waals surface area contributed by atoms with Crippen molar-refractivity contribution < 1.29 is 14.0 Å². The third-order valence-electron chi connectivity index (χ3n) is 3.61. The number of hydrogen-bond acceptors (Lipinski definition) is 4. The molecule has 0 saturated heterocycles. The number of hydrogen-bond donors (Lipinski definition) is 2. The molecule has 2 N–H and O–H groups in total. The summed E-state index contributed by atoms with van der Waals surface area (Å²) in [6.45, 7) is 1.82. The molecule has 0 aliphatic heterocycles. The van der Waals surface area contributed by atoms with Crippen LogP contribution in [0.3, 0.4) is 0 Å². The van der Waals surface area contributed by atoms with Gasteiger partial charge in [-0.1, -0.05) is 17.7 Å². The summed E-state index contributed by atoms with van der Waals surface area (Å²) in [6, 6.07) is 16.7. The van der Waals surface area contributed by atoms with Gasteiger partial charge in [-0.05, 0) is 61.5 Å². The number of nitrogens with zero attached hydrogens (tertiary/aromatic N) is 1. The smallest absolute Gasteiger partial charge is 0.271 e. The third kappa shape index (κ3) is 5.05. The van der Waals surface area contributed by atoms with Crippen molar-refractivity contribution in [1.29, 1.82) is 0 Å². The minimum atomic E-state index is -0.373. The topological polar surface area (TPSA) is 83.7 Å². The lowest BCUT2D eigenvalue weighted by atomic mass is 10.1. The van der Waals surface area contributed by atoms with E-state index in [0.717, 1.165) is 5.76 Å². The van der Waals surface area contributed by atoms with Gasteiger partial charge in [-0.2, -0.15) is 5.10 Å². The first-order valence-electron chi connectivity index (χ1n) is 8.08. The highest BCUT2D eigenvalue weighted by Gasteiger charge is 2.08. The fourth-order valence-corrected chi connectivity index (χ4v) is 2.47. The van der Waals surface area contributed by atoms with Gasteiger partial charge in [0, 0.05) is 21.8 Å². The zero-order valence-corrected chi connectivity index (χ0v) is 15.2. The van der Waals surface area contributed by atoms with Gasteiger partial charge in [0.2, 0.25) is 0 Å². The highest BCUT2D eigenvalue weighted by molar-refractivity contribution is 6.31. The Balaban J connectivity index is 1.58. The van der Waals surface area contributed by atoms with E-state index in [4.69, 9.17) is 16.0 Å². The van der Waals surface area contributed by atoms with Crippen LogP contribution in [0.1, 0.15) is 32.2 Å². The molecule has 0 bridgehead atoms. The zero-order valence-electron chi connectivity index (χ0n) is 14.4. The number of nitrogens with one attached hydrogen (secondary N) is 2. The Kier molecular flexibility index (Phi) is 5.68. The summed E-state index contributed by atoms with van der Waals surface area (Å²) >= 11 is 5.89. The van der Waals surface area contributed by atoms with E-state index in [2.05, 4.69) is 15.8 Å². The summed E-state index contributed by atoms with van der Waals surface area (Å²) in [5.41, 5.74) is 3.84. The third-order valence-corrected chi connectivity index (χ3v) is 3.85. The van der Waals surface area contributed by atoms with E-state index < -0.39 is 0 Å². The van der Waals surface area contributed by atoms with Crippen molar-refractivity contribution in [1.82, 2.24) is 5.43 Å².